The molecule has 12 heavy (non-hydrogen) atoms. The quantitative estimate of drug-likeness (QED) is 0.425. The molecule has 0 aliphatic heterocycles. The minimum absolute atomic E-state index is 0.430. The number of nitrogens with zero attached hydrogens (tertiary/aromatic N) is 2. The van der Waals surface area contributed by atoms with E-state index in [1.54, 1.807) is 19.1 Å². The third-order valence-electron chi connectivity index (χ3n) is 1.28. The number of pyridine rings is 1. The average Bonchev–Trinajstić information content (AvgIpc) is 2.07. The van der Waals surface area contributed by atoms with Crippen LogP contribution in [0.2, 0.25) is 0 Å². The van der Waals surface area contributed by atoms with E-state index in [-0.39, 0.29) is 0 Å². The highest BCUT2D eigenvalue weighted by molar-refractivity contribution is 5.37. The van der Waals surface area contributed by atoms with Gasteiger partial charge in [-0.15, -0.1) is 0 Å². The van der Waals surface area contributed by atoms with Gasteiger partial charge in [-0.2, -0.15) is 9.65 Å². The molecule has 0 fully saturated rings. The van der Waals surface area contributed by atoms with Gasteiger partial charge in [0, 0.05) is 23.2 Å². The molecule has 0 amide bonds. The van der Waals surface area contributed by atoms with Crippen molar-refractivity contribution in [3.05, 3.63) is 29.3 Å². The fraction of sp³-hybridized carbons (Fsp3) is 0.111. The highest BCUT2D eigenvalue weighted by Gasteiger charge is 1.97. The summed E-state index contributed by atoms with van der Waals surface area (Å²) in [6.07, 6.45) is 1.30. The Morgan fingerprint density at radius 1 is 1.58 bits per heavy atom. The summed E-state index contributed by atoms with van der Waals surface area (Å²) in [5.41, 5.74) is 0.982. The molecule has 0 saturated heterocycles. The lowest BCUT2D eigenvalue weighted by atomic mass is 10.2. The van der Waals surface area contributed by atoms with E-state index >= 15 is 0 Å². The van der Waals surface area contributed by atoms with Crippen molar-refractivity contribution >= 4 is 0 Å². The maximum absolute atomic E-state index is 12.6. The van der Waals surface area contributed by atoms with E-state index < -0.39 is 5.95 Å². The third kappa shape index (κ3) is 1.81. The first-order valence-electron chi connectivity index (χ1n) is 3.26. The Hall–Kier alpha value is -1.87. The molecule has 58 valence electrons. The van der Waals surface area contributed by atoms with E-state index in [4.69, 9.17) is 5.26 Å². The van der Waals surface area contributed by atoms with Gasteiger partial charge in [0.1, 0.15) is 0 Å². The zero-order valence-electron chi connectivity index (χ0n) is 6.43. The minimum Gasteiger partial charge on any atom is -0.227 e. The first kappa shape index (κ1) is 8.23. The van der Waals surface area contributed by atoms with E-state index in [1.807, 2.05) is 0 Å². The monoisotopic (exact) mass is 160 g/mol. The lowest BCUT2D eigenvalue weighted by Gasteiger charge is -1.93. The number of aromatic nitrogens is 1. The number of nitriles is 1. The van der Waals surface area contributed by atoms with Gasteiger partial charge < -0.3 is 0 Å². The lowest BCUT2D eigenvalue weighted by Crippen LogP contribution is -1.88. The van der Waals surface area contributed by atoms with Gasteiger partial charge in [0.05, 0.1) is 0 Å². The molecule has 0 N–H and O–H groups in total. The van der Waals surface area contributed by atoms with Gasteiger partial charge in [0.25, 0.3) is 0 Å². The molecule has 0 unspecified atom stereocenters. The number of hydrogen-bond acceptors (Lipinski definition) is 2. The minimum atomic E-state index is -0.502. The summed E-state index contributed by atoms with van der Waals surface area (Å²) in [6.45, 7) is 1.60. The topological polar surface area (TPSA) is 36.7 Å². The first-order chi connectivity index (χ1) is 5.74. The van der Waals surface area contributed by atoms with Crippen LogP contribution in [0.4, 0.5) is 4.39 Å². The van der Waals surface area contributed by atoms with Crippen molar-refractivity contribution in [2.45, 2.75) is 6.92 Å². The maximum Gasteiger partial charge on any atom is 0.215 e. The van der Waals surface area contributed by atoms with E-state index in [0.29, 0.717) is 11.1 Å². The summed E-state index contributed by atoms with van der Waals surface area (Å²) in [5.74, 6) is 4.22. The molecule has 1 aromatic heterocycles. The second-order valence-electron chi connectivity index (χ2n) is 2.19. The molecule has 0 bridgehead atoms. The summed E-state index contributed by atoms with van der Waals surface area (Å²) in [6, 6.07) is 3.22. The van der Waals surface area contributed by atoms with E-state index in [9.17, 15) is 4.39 Å². The van der Waals surface area contributed by atoms with Gasteiger partial charge in [0.15, 0.2) is 6.07 Å². The second kappa shape index (κ2) is 3.50. The zero-order valence-corrected chi connectivity index (χ0v) is 6.43. The number of rotatable bonds is 0. The number of hydrogen-bond donors (Lipinski definition) is 0. The highest BCUT2D eigenvalue weighted by atomic mass is 19.1. The van der Waals surface area contributed by atoms with E-state index in [0.717, 1.165) is 0 Å². The normalized spacial score (nSPS) is 8.08. The Kier molecular flexibility index (Phi) is 2.40. The summed E-state index contributed by atoms with van der Waals surface area (Å²) >= 11 is 0. The van der Waals surface area contributed by atoms with Crippen LogP contribution in [0.3, 0.4) is 0 Å². The first-order valence-corrected chi connectivity index (χ1v) is 3.26. The Morgan fingerprint density at radius 2 is 2.33 bits per heavy atom. The second-order valence-corrected chi connectivity index (χ2v) is 2.19. The molecule has 2 nitrogen and oxygen atoms in total. The van der Waals surface area contributed by atoms with Gasteiger partial charge in [-0.1, -0.05) is 0 Å². The highest BCUT2D eigenvalue weighted by Crippen LogP contribution is 2.04. The zero-order chi connectivity index (χ0) is 8.97. The molecule has 0 spiro atoms. The lowest BCUT2D eigenvalue weighted by molar-refractivity contribution is 0.574. The van der Waals surface area contributed by atoms with Gasteiger partial charge >= 0.3 is 0 Å². The molecule has 0 atom stereocenters. The van der Waals surface area contributed by atoms with E-state index in [1.165, 1.54) is 6.20 Å². The fourth-order valence-electron chi connectivity index (χ4n) is 0.727. The van der Waals surface area contributed by atoms with Crippen LogP contribution in [0.25, 0.3) is 0 Å². The van der Waals surface area contributed by atoms with Crippen LogP contribution in [-0.4, -0.2) is 4.98 Å². The van der Waals surface area contributed by atoms with Crippen LogP contribution in [0, 0.1) is 36.0 Å². The van der Waals surface area contributed by atoms with Crippen molar-refractivity contribution in [3.63, 3.8) is 0 Å². The third-order valence-corrected chi connectivity index (χ3v) is 1.28. The van der Waals surface area contributed by atoms with Crippen LogP contribution in [0.15, 0.2) is 12.3 Å². The molecule has 0 saturated carbocycles. The molecule has 1 aromatic rings. The molecule has 0 aliphatic rings. The molecular formula is C9H5FN2. The predicted octanol–water partition coefficient (Wildman–Crippen LogP) is 1.40. The van der Waals surface area contributed by atoms with Crippen LogP contribution in [0.5, 0.6) is 0 Å². The van der Waals surface area contributed by atoms with Crippen molar-refractivity contribution in [3.8, 4) is 17.9 Å². The van der Waals surface area contributed by atoms with E-state index in [2.05, 4.69) is 16.8 Å². The number of aryl methyl sites for hydroxylation is 1. The SMILES string of the molecule is Cc1cc(C#CC#N)cnc1F. The Bertz CT molecular complexity index is 393. The van der Waals surface area contributed by atoms with Gasteiger partial charge in [0.2, 0.25) is 5.95 Å². The Balaban J connectivity index is 3.07. The van der Waals surface area contributed by atoms with Crippen molar-refractivity contribution in [2.24, 2.45) is 0 Å². The summed E-state index contributed by atoms with van der Waals surface area (Å²) in [4.78, 5) is 3.45. The van der Waals surface area contributed by atoms with Gasteiger partial charge in [-0.25, -0.2) is 4.98 Å². The van der Waals surface area contributed by atoms with Crippen LogP contribution < -0.4 is 0 Å². The van der Waals surface area contributed by atoms with Gasteiger partial charge in [-0.05, 0) is 18.9 Å². The summed E-state index contributed by atoms with van der Waals surface area (Å²) in [5, 5.41) is 8.13. The van der Waals surface area contributed by atoms with Crippen molar-refractivity contribution < 1.29 is 4.39 Å². The smallest absolute Gasteiger partial charge is 0.215 e. The molecule has 1 rings (SSSR count). The Labute approximate surface area is 69.7 Å². The largest absolute Gasteiger partial charge is 0.227 e. The molecule has 1 heterocycles. The van der Waals surface area contributed by atoms with Crippen LogP contribution in [-0.2, 0) is 0 Å². The van der Waals surface area contributed by atoms with Crippen LogP contribution in [0.1, 0.15) is 11.1 Å². The average molecular weight is 160 g/mol. The van der Waals surface area contributed by atoms with Crippen molar-refractivity contribution in [2.75, 3.05) is 0 Å². The number of halogens is 1. The summed E-state index contributed by atoms with van der Waals surface area (Å²) < 4.78 is 12.6. The molecule has 0 radical (unpaired) electrons. The summed E-state index contributed by atoms with van der Waals surface area (Å²) in [7, 11) is 0. The van der Waals surface area contributed by atoms with Crippen molar-refractivity contribution in [1.29, 1.82) is 5.26 Å². The van der Waals surface area contributed by atoms with Crippen molar-refractivity contribution in [1.82, 2.24) is 4.98 Å². The Morgan fingerprint density at radius 3 is 2.92 bits per heavy atom. The predicted molar refractivity (Wildman–Crippen MR) is 41.4 cm³/mol. The fourth-order valence-corrected chi connectivity index (χ4v) is 0.727. The maximum atomic E-state index is 12.6. The molecule has 0 aromatic carbocycles. The standard InChI is InChI=1S/C9H5FN2/c1-7-5-8(3-2-4-11)6-12-9(7)10/h5-6H,1H3. The molecular weight excluding hydrogens is 155 g/mol. The molecule has 3 heteroatoms. The van der Waals surface area contributed by atoms with Crippen LogP contribution >= 0.6 is 0 Å². The molecule has 0 aliphatic carbocycles. The van der Waals surface area contributed by atoms with Gasteiger partial charge in [-0.3, -0.25) is 0 Å².